The molecule has 2 heterocycles. The third kappa shape index (κ3) is 3.96. The van der Waals surface area contributed by atoms with Gasteiger partial charge in [0, 0.05) is 36.1 Å². The van der Waals surface area contributed by atoms with Crippen molar-refractivity contribution in [2.45, 2.75) is 33.0 Å². The minimum Gasteiger partial charge on any atom is -0.369 e. The molecule has 0 unspecified atom stereocenters. The molecule has 1 fully saturated rings. The first-order chi connectivity index (χ1) is 12.4. The molecular formula is C17H21Cl2N5OS. The van der Waals surface area contributed by atoms with Crippen LogP contribution in [0.15, 0.2) is 18.2 Å². The molecule has 0 aliphatic carbocycles. The van der Waals surface area contributed by atoms with Gasteiger partial charge in [-0.25, -0.2) is 4.68 Å². The predicted molar refractivity (Wildman–Crippen MR) is 106 cm³/mol. The number of hydrogen-bond donors (Lipinski definition) is 1. The maximum absolute atomic E-state index is 11.3. The average Bonchev–Trinajstić information content (AvgIpc) is 2.91. The Kier molecular flexibility index (Phi) is 6.02. The van der Waals surface area contributed by atoms with Gasteiger partial charge in [0.1, 0.15) is 0 Å². The van der Waals surface area contributed by atoms with Crippen molar-refractivity contribution in [3.63, 3.8) is 0 Å². The standard InChI is InChI=1S/C17H21Cl2N5OS/c1-2-23-16(13-4-3-12(18)9-14(13)19)21-24(17(23)26)10-22-7-5-11(6-8-22)15(20)25/h3-4,9,11H,2,5-8,10H2,1H3,(H2,20,25). The highest BCUT2D eigenvalue weighted by atomic mass is 35.5. The van der Waals surface area contributed by atoms with Gasteiger partial charge in [-0.2, -0.15) is 5.10 Å². The monoisotopic (exact) mass is 413 g/mol. The fraction of sp³-hybridized carbons (Fsp3) is 0.471. The Labute approximate surface area is 167 Å². The van der Waals surface area contributed by atoms with Gasteiger partial charge in [-0.05, 0) is 50.2 Å². The minimum atomic E-state index is -0.212. The zero-order valence-electron chi connectivity index (χ0n) is 14.5. The second-order valence-corrected chi connectivity index (χ2v) is 7.62. The number of rotatable bonds is 5. The molecule has 2 aromatic rings. The van der Waals surface area contributed by atoms with E-state index in [4.69, 9.17) is 46.3 Å². The molecule has 1 aromatic heterocycles. The zero-order valence-corrected chi connectivity index (χ0v) is 16.8. The lowest BCUT2D eigenvalue weighted by Gasteiger charge is -2.29. The highest BCUT2D eigenvalue weighted by molar-refractivity contribution is 7.71. The number of piperidine rings is 1. The molecule has 6 nitrogen and oxygen atoms in total. The summed E-state index contributed by atoms with van der Waals surface area (Å²) < 4.78 is 4.41. The van der Waals surface area contributed by atoms with E-state index in [1.165, 1.54) is 0 Å². The van der Waals surface area contributed by atoms with Crippen molar-refractivity contribution in [3.05, 3.63) is 33.0 Å². The Hall–Kier alpha value is -1.41. The lowest BCUT2D eigenvalue weighted by Crippen LogP contribution is -2.39. The van der Waals surface area contributed by atoms with Gasteiger partial charge in [-0.15, -0.1) is 0 Å². The van der Waals surface area contributed by atoms with Crippen LogP contribution in [-0.2, 0) is 18.0 Å². The molecular weight excluding hydrogens is 393 g/mol. The molecule has 0 radical (unpaired) electrons. The van der Waals surface area contributed by atoms with E-state index in [1.54, 1.807) is 12.1 Å². The number of benzene rings is 1. The number of primary amides is 1. The van der Waals surface area contributed by atoms with Crippen LogP contribution in [0.5, 0.6) is 0 Å². The Morgan fingerprint density at radius 3 is 2.62 bits per heavy atom. The molecule has 0 atom stereocenters. The van der Waals surface area contributed by atoms with Crippen LogP contribution in [-0.4, -0.2) is 38.2 Å². The number of hydrogen-bond acceptors (Lipinski definition) is 4. The van der Waals surface area contributed by atoms with Crippen LogP contribution < -0.4 is 5.73 Å². The molecule has 0 bridgehead atoms. The van der Waals surface area contributed by atoms with E-state index in [0.29, 0.717) is 28.0 Å². The maximum atomic E-state index is 11.3. The number of halogens is 2. The fourth-order valence-corrected chi connectivity index (χ4v) is 4.04. The van der Waals surface area contributed by atoms with Gasteiger partial charge >= 0.3 is 0 Å². The SMILES string of the molecule is CCn1c(-c2ccc(Cl)cc2Cl)nn(CN2CCC(C(N)=O)CC2)c1=S. The van der Waals surface area contributed by atoms with Crippen molar-refractivity contribution in [1.29, 1.82) is 0 Å². The summed E-state index contributed by atoms with van der Waals surface area (Å²) in [6.07, 6.45) is 1.54. The van der Waals surface area contributed by atoms with Crippen LogP contribution in [0, 0.1) is 10.7 Å². The van der Waals surface area contributed by atoms with Gasteiger partial charge in [-0.3, -0.25) is 9.69 Å². The average molecular weight is 414 g/mol. The van der Waals surface area contributed by atoms with E-state index < -0.39 is 0 Å². The highest BCUT2D eigenvalue weighted by Gasteiger charge is 2.24. The molecule has 2 N–H and O–H groups in total. The van der Waals surface area contributed by atoms with Crippen LogP contribution in [0.4, 0.5) is 0 Å². The molecule has 9 heteroatoms. The van der Waals surface area contributed by atoms with Crippen LogP contribution in [0.1, 0.15) is 19.8 Å². The second-order valence-electron chi connectivity index (χ2n) is 6.41. The summed E-state index contributed by atoms with van der Waals surface area (Å²) in [5.41, 5.74) is 6.20. The number of amides is 1. The number of carbonyl (C=O) groups excluding carboxylic acids is 1. The van der Waals surface area contributed by atoms with Crippen LogP contribution in [0.25, 0.3) is 11.4 Å². The lowest BCUT2D eigenvalue weighted by molar-refractivity contribution is -0.123. The summed E-state index contributed by atoms with van der Waals surface area (Å²) in [4.78, 5) is 13.5. The van der Waals surface area contributed by atoms with E-state index in [9.17, 15) is 4.79 Å². The number of nitrogens with zero attached hydrogens (tertiary/aromatic N) is 4. The van der Waals surface area contributed by atoms with Crippen LogP contribution >= 0.6 is 35.4 Å². The summed E-state index contributed by atoms with van der Waals surface area (Å²) in [6.45, 7) is 4.89. The van der Waals surface area contributed by atoms with E-state index in [-0.39, 0.29) is 11.8 Å². The molecule has 3 rings (SSSR count). The number of carbonyl (C=O) groups is 1. The van der Waals surface area contributed by atoms with Crippen molar-refractivity contribution >= 4 is 41.3 Å². The van der Waals surface area contributed by atoms with Gasteiger partial charge < -0.3 is 10.3 Å². The number of likely N-dealkylation sites (tertiary alicyclic amines) is 1. The van der Waals surface area contributed by atoms with Crippen molar-refractivity contribution in [1.82, 2.24) is 19.2 Å². The van der Waals surface area contributed by atoms with Crippen LogP contribution in [0.2, 0.25) is 10.0 Å². The first-order valence-electron chi connectivity index (χ1n) is 8.55. The van der Waals surface area contributed by atoms with E-state index in [0.717, 1.165) is 37.3 Å². The molecule has 1 amide bonds. The minimum absolute atomic E-state index is 0.0316. The normalized spacial score (nSPS) is 16.1. The van der Waals surface area contributed by atoms with Gasteiger partial charge in [-0.1, -0.05) is 23.2 Å². The zero-order chi connectivity index (χ0) is 18.8. The Bertz CT molecular complexity index is 871. The summed E-state index contributed by atoms with van der Waals surface area (Å²) >= 11 is 18.0. The number of nitrogens with two attached hydrogens (primary N) is 1. The first kappa shape index (κ1) is 19.4. The number of aromatic nitrogens is 3. The molecule has 1 aliphatic rings. The fourth-order valence-electron chi connectivity index (χ4n) is 3.24. The molecule has 1 aromatic carbocycles. The lowest BCUT2D eigenvalue weighted by atomic mass is 9.97. The predicted octanol–water partition coefficient (Wildman–Crippen LogP) is 3.56. The Morgan fingerprint density at radius 1 is 1.35 bits per heavy atom. The molecule has 1 aliphatic heterocycles. The highest BCUT2D eigenvalue weighted by Crippen LogP contribution is 2.30. The molecule has 1 saturated heterocycles. The van der Waals surface area contributed by atoms with Crippen molar-refractivity contribution in [2.75, 3.05) is 13.1 Å². The van der Waals surface area contributed by atoms with Gasteiger partial charge in [0.15, 0.2) is 10.6 Å². The third-order valence-electron chi connectivity index (χ3n) is 4.73. The van der Waals surface area contributed by atoms with Crippen molar-refractivity contribution in [3.8, 4) is 11.4 Å². The van der Waals surface area contributed by atoms with Crippen molar-refractivity contribution in [2.24, 2.45) is 11.7 Å². The molecule has 0 saturated carbocycles. The first-order valence-corrected chi connectivity index (χ1v) is 9.71. The quantitative estimate of drug-likeness (QED) is 0.760. The summed E-state index contributed by atoms with van der Waals surface area (Å²) in [6, 6.07) is 5.35. The van der Waals surface area contributed by atoms with Gasteiger partial charge in [0.05, 0.1) is 11.7 Å². The molecule has 140 valence electrons. The topological polar surface area (TPSA) is 69.1 Å². The van der Waals surface area contributed by atoms with Crippen LogP contribution in [0.3, 0.4) is 0 Å². The third-order valence-corrected chi connectivity index (χ3v) is 5.71. The van der Waals surface area contributed by atoms with Gasteiger partial charge in [0.25, 0.3) is 0 Å². The summed E-state index contributed by atoms with van der Waals surface area (Å²) in [5, 5.41) is 5.83. The maximum Gasteiger partial charge on any atom is 0.220 e. The molecule has 0 spiro atoms. The smallest absolute Gasteiger partial charge is 0.220 e. The largest absolute Gasteiger partial charge is 0.369 e. The summed E-state index contributed by atoms with van der Waals surface area (Å²) in [7, 11) is 0. The molecule has 26 heavy (non-hydrogen) atoms. The van der Waals surface area contributed by atoms with E-state index in [2.05, 4.69) is 4.90 Å². The van der Waals surface area contributed by atoms with Gasteiger partial charge in [0.2, 0.25) is 5.91 Å². The summed E-state index contributed by atoms with van der Waals surface area (Å²) in [5.74, 6) is 0.484. The second kappa shape index (κ2) is 8.08. The van der Waals surface area contributed by atoms with E-state index in [1.807, 2.05) is 22.2 Å². The van der Waals surface area contributed by atoms with Crippen molar-refractivity contribution < 1.29 is 4.79 Å². The van der Waals surface area contributed by atoms with E-state index >= 15 is 0 Å². The Morgan fingerprint density at radius 2 is 2.04 bits per heavy atom. The Balaban J connectivity index is 1.85.